The first kappa shape index (κ1) is 8.17. The summed E-state index contributed by atoms with van der Waals surface area (Å²) < 4.78 is 0. The number of carbonyl (C=O) groups excluding carboxylic acids is 2. The van der Waals surface area contributed by atoms with Gasteiger partial charge >= 0.3 is 5.37 Å². The van der Waals surface area contributed by atoms with Crippen LogP contribution in [0.1, 0.15) is 6.92 Å². The van der Waals surface area contributed by atoms with Crippen LogP contribution in [0.25, 0.3) is 0 Å². The summed E-state index contributed by atoms with van der Waals surface area (Å²) in [6, 6.07) is 0. The molecule has 0 aliphatic heterocycles. The van der Waals surface area contributed by atoms with E-state index in [1.54, 1.807) is 0 Å². The van der Waals surface area contributed by atoms with Gasteiger partial charge in [-0.1, -0.05) is 6.58 Å². The minimum Gasteiger partial charge on any atom is -0.274 e. The molecule has 0 unspecified atom stereocenters. The Bertz CT molecular complexity index is 141. The third kappa shape index (κ3) is 2.28. The molecule has 0 bridgehead atoms. The Hall–Kier alpha value is -0.830. The largest absolute Gasteiger partial charge is 0.327 e. The van der Waals surface area contributed by atoms with Crippen LogP contribution in [-0.4, -0.2) is 16.2 Å². The predicted octanol–water partition coefficient (Wildman–Crippen LogP) is 1.34. The summed E-state index contributed by atoms with van der Waals surface area (Å²) in [7, 11) is 0. The quantitative estimate of drug-likeness (QED) is 0.415. The molecule has 0 N–H and O–H groups in total. The monoisotopic (exact) mass is 147 g/mol. The van der Waals surface area contributed by atoms with Crippen LogP contribution in [0.3, 0.4) is 0 Å². The smallest absolute Gasteiger partial charge is 0.274 e. The van der Waals surface area contributed by atoms with Gasteiger partial charge < -0.3 is 0 Å². The number of rotatable bonds is 1. The van der Waals surface area contributed by atoms with Gasteiger partial charge in [0.05, 0.1) is 0 Å². The zero-order valence-corrected chi connectivity index (χ0v) is 5.68. The first-order valence-electron chi connectivity index (χ1n) is 2.21. The minimum atomic E-state index is -0.836. The van der Waals surface area contributed by atoms with Crippen LogP contribution < -0.4 is 0 Å². The summed E-state index contributed by atoms with van der Waals surface area (Å²) in [5.41, 5.74) is 0. The van der Waals surface area contributed by atoms with Crippen molar-refractivity contribution < 1.29 is 9.59 Å². The lowest BCUT2D eigenvalue weighted by Gasteiger charge is -2.06. The lowest BCUT2D eigenvalue weighted by molar-refractivity contribution is -0.123. The molecular formula is C5H6ClNO2. The molecule has 0 aromatic rings. The normalized spacial score (nSPS) is 8.22. The Morgan fingerprint density at radius 3 is 2.11 bits per heavy atom. The van der Waals surface area contributed by atoms with E-state index in [1.807, 2.05) is 0 Å². The predicted molar refractivity (Wildman–Crippen MR) is 34.0 cm³/mol. The number of hydrogen-bond donors (Lipinski definition) is 0. The van der Waals surface area contributed by atoms with Crippen LogP contribution in [0, 0.1) is 0 Å². The highest BCUT2D eigenvalue weighted by molar-refractivity contribution is 6.64. The number of carbonyl (C=O) groups is 2. The van der Waals surface area contributed by atoms with Gasteiger partial charge in [-0.2, -0.15) is 0 Å². The zero-order valence-electron chi connectivity index (χ0n) is 4.93. The molecule has 9 heavy (non-hydrogen) atoms. The molecule has 50 valence electrons. The van der Waals surface area contributed by atoms with Crippen LogP contribution >= 0.6 is 11.6 Å². The molecule has 0 heterocycles. The molecule has 0 aromatic heterocycles. The van der Waals surface area contributed by atoms with Gasteiger partial charge in [0, 0.05) is 13.1 Å². The van der Waals surface area contributed by atoms with E-state index in [9.17, 15) is 9.59 Å². The molecular weight excluding hydrogens is 142 g/mol. The van der Waals surface area contributed by atoms with Crippen molar-refractivity contribution in [3.05, 3.63) is 12.8 Å². The summed E-state index contributed by atoms with van der Waals surface area (Å²) in [4.78, 5) is 21.3. The maximum atomic E-state index is 10.4. The van der Waals surface area contributed by atoms with Crippen molar-refractivity contribution in [1.82, 2.24) is 4.90 Å². The molecule has 0 radical (unpaired) electrons. The van der Waals surface area contributed by atoms with Gasteiger partial charge in [-0.25, -0.2) is 4.90 Å². The van der Waals surface area contributed by atoms with Gasteiger partial charge in [0.25, 0.3) is 0 Å². The molecule has 0 fully saturated rings. The van der Waals surface area contributed by atoms with Crippen molar-refractivity contribution in [2.24, 2.45) is 0 Å². The Labute approximate surface area is 57.9 Å². The third-order valence-corrected chi connectivity index (χ3v) is 0.893. The molecule has 3 nitrogen and oxygen atoms in total. The molecule has 0 aliphatic carbocycles. The van der Waals surface area contributed by atoms with E-state index >= 15 is 0 Å². The summed E-state index contributed by atoms with van der Waals surface area (Å²) in [6.07, 6.45) is 1.07. The van der Waals surface area contributed by atoms with E-state index in [1.165, 1.54) is 6.92 Å². The lowest BCUT2D eigenvalue weighted by atomic mass is 10.6. The maximum Gasteiger partial charge on any atom is 0.327 e. The Balaban J connectivity index is 4.16. The average Bonchev–Trinajstić information content (AvgIpc) is 1.64. The fourth-order valence-corrected chi connectivity index (χ4v) is 0.512. The molecule has 0 atom stereocenters. The van der Waals surface area contributed by atoms with E-state index in [4.69, 9.17) is 11.6 Å². The SMILES string of the molecule is C=CN(C(C)=O)C(=O)Cl. The number of nitrogens with zero attached hydrogens (tertiary/aromatic N) is 1. The number of hydrogen-bond acceptors (Lipinski definition) is 2. The molecule has 4 heteroatoms. The van der Waals surface area contributed by atoms with Gasteiger partial charge in [0.2, 0.25) is 5.91 Å². The Morgan fingerprint density at radius 2 is 2.11 bits per heavy atom. The highest BCUT2D eigenvalue weighted by atomic mass is 35.5. The third-order valence-electron chi connectivity index (χ3n) is 0.711. The van der Waals surface area contributed by atoms with Crippen LogP contribution in [0.2, 0.25) is 0 Å². The summed E-state index contributed by atoms with van der Waals surface area (Å²) >= 11 is 4.93. The second-order valence-corrected chi connectivity index (χ2v) is 1.65. The van der Waals surface area contributed by atoms with Crippen molar-refractivity contribution in [2.75, 3.05) is 0 Å². The molecule has 0 rings (SSSR count). The van der Waals surface area contributed by atoms with Crippen LogP contribution in [0.4, 0.5) is 4.79 Å². The number of imide groups is 1. The first-order valence-corrected chi connectivity index (χ1v) is 2.59. The Kier molecular flexibility index (Phi) is 2.95. The molecule has 0 aromatic carbocycles. The van der Waals surface area contributed by atoms with Crippen molar-refractivity contribution in [3.63, 3.8) is 0 Å². The molecule has 0 saturated heterocycles. The molecule has 0 spiro atoms. The van der Waals surface area contributed by atoms with Gasteiger partial charge in [-0.15, -0.1) is 0 Å². The first-order chi connectivity index (χ1) is 4.09. The fourth-order valence-electron chi connectivity index (χ4n) is 0.324. The van der Waals surface area contributed by atoms with Crippen LogP contribution in [0.15, 0.2) is 12.8 Å². The Morgan fingerprint density at radius 1 is 1.67 bits per heavy atom. The van der Waals surface area contributed by atoms with Crippen molar-refractivity contribution >= 4 is 22.9 Å². The summed E-state index contributed by atoms with van der Waals surface area (Å²) in [6.45, 7) is 4.43. The highest BCUT2D eigenvalue weighted by Gasteiger charge is 2.09. The van der Waals surface area contributed by atoms with E-state index in [0.29, 0.717) is 4.90 Å². The van der Waals surface area contributed by atoms with Crippen molar-refractivity contribution in [1.29, 1.82) is 0 Å². The molecule has 2 amide bonds. The number of halogens is 1. The molecule has 0 aliphatic rings. The van der Waals surface area contributed by atoms with Gasteiger partial charge in [-0.3, -0.25) is 9.59 Å². The van der Waals surface area contributed by atoms with E-state index < -0.39 is 11.3 Å². The number of amides is 2. The topological polar surface area (TPSA) is 37.4 Å². The van der Waals surface area contributed by atoms with E-state index in [0.717, 1.165) is 6.20 Å². The maximum absolute atomic E-state index is 10.4. The van der Waals surface area contributed by atoms with Crippen molar-refractivity contribution in [2.45, 2.75) is 6.92 Å². The van der Waals surface area contributed by atoms with E-state index in [2.05, 4.69) is 6.58 Å². The van der Waals surface area contributed by atoms with Gasteiger partial charge in [0.15, 0.2) is 0 Å². The van der Waals surface area contributed by atoms with Crippen LogP contribution in [-0.2, 0) is 4.79 Å². The highest BCUT2D eigenvalue weighted by Crippen LogP contribution is 1.95. The summed E-state index contributed by atoms with van der Waals surface area (Å²) in [5.74, 6) is -0.440. The lowest BCUT2D eigenvalue weighted by Crippen LogP contribution is -2.24. The second kappa shape index (κ2) is 3.25. The molecule has 0 saturated carbocycles. The van der Waals surface area contributed by atoms with Crippen LogP contribution in [0.5, 0.6) is 0 Å². The second-order valence-electron chi connectivity index (χ2n) is 1.32. The van der Waals surface area contributed by atoms with Crippen molar-refractivity contribution in [3.8, 4) is 0 Å². The fraction of sp³-hybridized carbons (Fsp3) is 0.200. The van der Waals surface area contributed by atoms with E-state index in [-0.39, 0.29) is 0 Å². The van der Waals surface area contributed by atoms with Gasteiger partial charge in [-0.05, 0) is 11.6 Å². The summed E-state index contributed by atoms with van der Waals surface area (Å²) in [5, 5.41) is -0.836. The average molecular weight is 148 g/mol. The minimum absolute atomic E-state index is 0.440. The van der Waals surface area contributed by atoms with Gasteiger partial charge in [0.1, 0.15) is 0 Å². The standard InChI is InChI=1S/C5H6ClNO2/c1-3-7(4(2)8)5(6)9/h3H,1H2,2H3. The zero-order chi connectivity index (χ0) is 7.44.